The zero-order valence-corrected chi connectivity index (χ0v) is 16.2. The predicted molar refractivity (Wildman–Crippen MR) is 108 cm³/mol. The summed E-state index contributed by atoms with van der Waals surface area (Å²) in [6.45, 7) is -0.200. The van der Waals surface area contributed by atoms with E-state index in [2.05, 4.69) is 12.2 Å². The number of Topliss-reactive ketones (excluding diaryl/α,β-unsaturated/α-hetero) is 1. The van der Waals surface area contributed by atoms with Gasteiger partial charge in [-0.25, -0.2) is 4.90 Å². The summed E-state index contributed by atoms with van der Waals surface area (Å²) < 4.78 is 5.74. The van der Waals surface area contributed by atoms with E-state index in [0.29, 0.717) is 22.0 Å². The van der Waals surface area contributed by atoms with E-state index < -0.39 is 0 Å². The molecule has 1 heterocycles. The quantitative estimate of drug-likeness (QED) is 0.428. The molecule has 2 aromatic carbocycles. The van der Waals surface area contributed by atoms with Crippen molar-refractivity contribution in [3.05, 3.63) is 71.3 Å². The lowest BCUT2D eigenvalue weighted by molar-refractivity contribution is -0.123. The molecule has 0 spiro atoms. The van der Waals surface area contributed by atoms with Gasteiger partial charge in [0, 0.05) is 10.6 Å². The van der Waals surface area contributed by atoms with E-state index in [4.69, 9.17) is 16.3 Å². The number of allylic oxidation sites excluding steroid dienone is 2. The molecule has 29 heavy (non-hydrogen) atoms. The van der Waals surface area contributed by atoms with Crippen LogP contribution in [0.1, 0.15) is 16.8 Å². The molecule has 2 aromatic rings. The van der Waals surface area contributed by atoms with E-state index in [1.165, 1.54) is 4.90 Å². The zero-order valence-electron chi connectivity index (χ0n) is 15.5. The number of ether oxygens (including phenoxy) is 1. The Balaban J connectivity index is 1.42. The van der Waals surface area contributed by atoms with Crippen LogP contribution in [0.4, 0.5) is 5.69 Å². The van der Waals surface area contributed by atoms with Gasteiger partial charge in [-0.1, -0.05) is 54.1 Å². The summed E-state index contributed by atoms with van der Waals surface area (Å²) in [6, 6.07) is 13.6. The number of fused-ring (bicyclic) bond motifs is 5. The van der Waals surface area contributed by atoms with Crippen molar-refractivity contribution in [3.63, 3.8) is 0 Å². The SMILES string of the molecule is O=C(COc1ccc(Cl)cc1N1C(=O)[C@@H]2[C@H](C1=O)[C@@H]1C=C[C@H]2C1)c1ccccc1. The number of hydrogen-bond acceptors (Lipinski definition) is 4. The summed E-state index contributed by atoms with van der Waals surface area (Å²) in [5.74, 6) is -0.697. The van der Waals surface area contributed by atoms with Crippen molar-refractivity contribution in [3.8, 4) is 5.75 Å². The highest BCUT2D eigenvalue weighted by Crippen LogP contribution is 2.54. The molecule has 0 aromatic heterocycles. The molecule has 6 heteroatoms. The monoisotopic (exact) mass is 407 g/mol. The zero-order chi connectivity index (χ0) is 20.1. The summed E-state index contributed by atoms with van der Waals surface area (Å²) in [5.41, 5.74) is 0.843. The van der Waals surface area contributed by atoms with Gasteiger partial charge in [0.1, 0.15) is 5.75 Å². The number of rotatable bonds is 5. The Morgan fingerprint density at radius 2 is 1.66 bits per heavy atom. The van der Waals surface area contributed by atoms with Crippen LogP contribution in [0, 0.1) is 23.7 Å². The lowest BCUT2D eigenvalue weighted by Gasteiger charge is -2.21. The molecule has 2 aliphatic carbocycles. The number of carbonyl (C=O) groups excluding carboxylic acids is 3. The lowest BCUT2D eigenvalue weighted by atomic mass is 9.85. The van der Waals surface area contributed by atoms with Gasteiger partial charge in [0.25, 0.3) is 0 Å². The maximum Gasteiger partial charge on any atom is 0.238 e. The minimum absolute atomic E-state index is 0.120. The molecule has 1 saturated heterocycles. The summed E-state index contributed by atoms with van der Waals surface area (Å²) in [6.07, 6.45) is 4.97. The Morgan fingerprint density at radius 1 is 1.00 bits per heavy atom. The van der Waals surface area contributed by atoms with Crippen molar-refractivity contribution < 1.29 is 19.1 Å². The molecule has 0 radical (unpaired) electrons. The van der Waals surface area contributed by atoms with Gasteiger partial charge in [0.2, 0.25) is 11.8 Å². The highest BCUT2D eigenvalue weighted by atomic mass is 35.5. The van der Waals surface area contributed by atoms with Gasteiger partial charge < -0.3 is 4.74 Å². The van der Waals surface area contributed by atoms with Gasteiger partial charge in [-0.2, -0.15) is 0 Å². The fourth-order valence-corrected chi connectivity index (χ4v) is 4.94. The minimum atomic E-state index is -0.310. The molecule has 146 valence electrons. The topological polar surface area (TPSA) is 63.7 Å². The van der Waals surface area contributed by atoms with Crippen LogP contribution in [0.2, 0.25) is 5.02 Å². The van der Waals surface area contributed by atoms with Gasteiger partial charge in [-0.15, -0.1) is 0 Å². The number of amides is 2. The predicted octanol–water partition coefficient (Wildman–Crippen LogP) is 3.91. The van der Waals surface area contributed by atoms with Crippen molar-refractivity contribution in [2.24, 2.45) is 23.7 Å². The fourth-order valence-electron chi connectivity index (χ4n) is 4.78. The van der Waals surface area contributed by atoms with Gasteiger partial charge in [0.05, 0.1) is 17.5 Å². The Kier molecular flexibility index (Phi) is 4.28. The number of hydrogen-bond donors (Lipinski definition) is 0. The average molecular weight is 408 g/mol. The second-order valence-corrected chi connectivity index (χ2v) is 8.14. The number of imide groups is 1. The van der Waals surface area contributed by atoms with Crippen molar-refractivity contribution in [2.75, 3.05) is 11.5 Å². The Hall–Kier alpha value is -2.92. The minimum Gasteiger partial charge on any atom is -0.483 e. The summed E-state index contributed by atoms with van der Waals surface area (Å²) in [5, 5.41) is 0.389. The standard InChI is InChI=1S/C23H18ClNO4/c24-16-8-9-19(29-12-18(26)13-4-2-1-3-5-13)17(11-16)25-22(27)20-14-6-7-15(10-14)21(20)23(25)28/h1-9,11,14-15,20-21H,10,12H2/t14-,15+,20-,21+. The second-order valence-electron chi connectivity index (χ2n) is 7.70. The summed E-state index contributed by atoms with van der Waals surface area (Å²) in [4.78, 5) is 39.8. The molecule has 3 aliphatic rings. The molecule has 1 aliphatic heterocycles. The average Bonchev–Trinajstić information content (AvgIpc) is 3.41. The second kappa shape index (κ2) is 6.85. The molecule has 2 fully saturated rings. The Bertz CT molecular complexity index is 1020. The molecule has 1 saturated carbocycles. The van der Waals surface area contributed by atoms with Gasteiger partial charge in [0.15, 0.2) is 12.4 Å². The molecular weight excluding hydrogens is 390 g/mol. The Morgan fingerprint density at radius 3 is 2.31 bits per heavy atom. The van der Waals surface area contributed by atoms with E-state index in [-0.39, 0.29) is 47.9 Å². The van der Waals surface area contributed by atoms with E-state index in [0.717, 1.165) is 6.42 Å². The van der Waals surface area contributed by atoms with E-state index >= 15 is 0 Å². The highest BCUT2D eigenvalue weighted by Gasteiger charge is 2.59. The number of anilines is 1. The van der Waals surface area contributed by atoms with Crippen LogP contribution >= 0.6 is 11.6 Å². The maximum atomic E-state index is 13.1. The van der Waals surface area contributed by atoms with Crippen molar-refractivity contribution in [2.45, 2.75) is 6.42 Å². The van der Waals surface area contributed by atoms with Crippen LogP contribution in [0.5, 0.6) is 5.75 Å². The first kappa shape index (κ1) is 18.1. The van der Waals surface area contributed by atoms with E-state index in [1.54, 1.807) is 42.5 Å². The molecule has 0 N–H and O–H groups in total. The van der Waals surface area contributed by atoms with Gasteiger partial charge in [-0.3, -0.25) is 14.4 Å². The van der Waals surface area contributed by atoms with Crippen LogP contribution < -0.4 is 9.64 Å². The lowest BCUT2D eigenvalue weighted by Crippen LogP contribution is -2.33. The van der Waals surface area contributed by atoms with Crippen LogP contribution in [0.15, 0.2) is 60.7 Å². The number of halogens is 1. The van der Waals surface area contributed by atoms with Crippen LogP contribution in [-0.4, -0.2) is 24.2 Å². The van der Waals surface area contributed by atoms with Crippen LogP contribution in [0.25, 0.3) is 0 Å². The third-order valence-corrected chi connectivity index (χ3v) is 6.32. The number of ketones is 1. The summed E-state index contributed by atoms with van der Waals surface area (Å²) in [7, 11) is 0. The maximum absolute atomic E-state index is 13.1. The van der Waals surface area contributed by atoms with E-state index in [1.807, 2.05) is 6.07 Å². The molecular formula is C23H18ClNO4. The first-order chi connectivity index (χ1) is 14.0. The first-order valence-corrected chi connectivity index (χ1v) is 9.99. The Labute approximate surface area is 172 Å². The van der Waals surface area contributed by atoms with Crippen molar-refractivity contribution in [1.82, 2.24) is 0 Å². The molecule has 2 bridgehead atoms. The smallest absolute Gasteiger partial charge is 0.238 e. The fraction of sp³-hybridized carbons (Fsp3) is 0.261. The van der Waals surface area contributed by atoms with Gasteiger partial charge in [-0.05, 0) is 36.5 Å². The van der Waals surface area contributed by atoms with Crippen LogP contribution in [0.3, 0.4) is 0 Å². The molecule has 2 amide bonds. The number of nitrogens with zero attached hydrogens (tertiary/aromatic N) is 1. The van der Waals surface area contributed by atoms with Gasteiger partial charge >= 0.3 is 0 Å². The summed E-state index contributed by atoms with van der Waals surface area (Å²) >= 11 is 6.16. The van der Waals surface area contributed by atoms with Crippen molar-refractivity contribution >= 4 is 34.9 Å². The highest BCUT2D eigenvalue weighted by molar-refractivity contribution is 6.31. The molecule has 5 rings (SSSR count). The molecule has 5 nitrogen and oxygen atoms in total. The number of carbonyl (C=O) groups is 3. The van der Waals surface area contributed by atoms with E-state index in [9.17, 15) is 14.4 Å². The largest absolute Gasteiger partial charge is 0.483 e. The molecule has 0 unspecified atom stereocenters. The van der Waals surface area contributed by atoms with Crippen LogP contribution in [-0.2, 0) is 9.59 Å². The normalized spacial score (nSPS) is 26.9. The molecule has 4 atom stereocenters. The third kappa shape index (κ3) is 2.88. The number of benzene rings is 2. The first-order valence-electron chi connectivity index (χ1n) is 9.61. The third-order valence-electron chi connectivity index (χ3n) is 6.09. The van der Waals surface area contributed by atoms with Crippen molar-refractivity contribution in [1.29, 1.82) is 0 Å².